The number of amides is 1. The van der Waals surface area contributed by atoms with Gasteiger partial charge in [0.15, 0.2) is 0 Å². The Hall–Kier alpha value is -1.07. The SMILES string of the molecule is CC(=O)Nc1cc(Br)ccc1N[C@H]1C=CC(Br)=CC1. The zero-order valence-corrected chi connectivity index (χ0v) is 13.6. The molecule has 100 valence electrons. The van der Waals surface area contributed by atoms with E-state index < -0.39 is 0 Å². The highest BCUT2D eigenvalue weighted by Gasteiger charge is 2.11. The Balaban J connectivity index is 2.15. The molecule has 2 N–H and O–H groups in total. The first-order valence-corrected chi connectivity index (χ1v) is 7.51. The predicted molar refractivity (Wildman–Crippen MR) is 86.6 cm³/mol. The van der Waals surface area contributed by atoms with Gasteiger partial charge in [0, 0.05) is 21.9 Å². The largest absolute Gasteiger partial charge is 0.377 e. The van der Waals surface area contributed by atoms with Crippen molar-refractivity contribution in [3.05, 3.63) is 45.4 Å². The molecule has 1 aliphatic carbocycles. The third-order valence-electron chi connectivity index (χ3n) is 2.69. The van der Waals surface area contributed by atoms with Crippen molar-refractivity contribution < 1.29 is 4.79 Å². The first-order chi connectivity index (χ1) is 9.04. The number of rotatable bonds is 3. The second kappa shape index (κ2) is 6.39. The Kier molecular flexibility index (Phi) is 4.82. The number of halogens is 2. The summed E-state index contributed by atoms with van der Waals surface area (Å²) in [6, 6.07) is 6.03. The molecule has 1 aromatic carbocycles. The Morgan fingerprint density at radius 3 is 2.74 bits per heavy atom. The zero-order chi connectivity index (χ0) is 13.8. The van der Waals surface area contributed by atoms with E-state index in [1.807, 2.05) is 24.3 Å². The van der Waals surface area contributed by atoms with Gasteiger partial charge in [-0.25, -0.2) is 0 Å². The van der Waals surface area contributed by atoms with Crippen LogP contribution in [0.4, 0.5) is 11.4 Å². The van der Waals surface area contributed by atoms with Crippen LogP contribution in [-0.2, 0) is 4.79 Å². The van der Waals surface area contributed by atoms with E-state index in [4.69, 9.17) is 0 Å². The van der Waals surface area contributed by atoms with Crippen LogP contribution in [-0.4, -0.2) is 11.9 Å². The lowest BCUT2D eigenvalue weighted by Gasteiger charge is -2.20. The molecule has 1 aromatic rings. The van der Waals surface area contributed by atoms with Crippen LogP contribution in [0.1, 0.15) is 13.3 Å². The lowest BCUT2D eigenvalue weighted by Crippen LogP contribution is -2.19. The fourth-order valence-corrected chi connectivity index (χ4v) is 2.54. The summed E-state index contributed by atoms with van der Waals surface area (Å²) < 4.78 is 2.03. The van der Waals surface area contributed by atoms with Crippen molar-refractivity contribution in [1.29, 1.82) is 0 Å². The molecule has 1 atom stereocenters. The quantitative estimate of drug-likeness (QED) is 0.808. The predicted octanol–water partition coefficient (Wildman–Crippen LogP) is 4.43. The molecule has 1 aliphatic rings. The molecule has 1 amide bonds. The van der Waals surface area contributed by atoms with Crippen molar-refractivity contribution in [2.75, 3.05) is 10.6 Å². The van der Waals surface area contributed by atoms with Crippen LogP contribution < -0.4 is 10.6 Å². The number of nitrogens with one attached hydrogen (secondary N) is 2. The fraction of sp³-hybridized carbons (Fsp3) is 0.214. The molecule has 0 aliphatic heterocycles. The summed E-state index contributed by atoms with van der Waals surface area (Å²) in [6.07, 6.45) is 7.16. The normalized spacial score (nSPS) is 17.8. The monoisotopic (exact) mass is 384 g/mol. The maximum absolute atomic E-state index is 11.2. The van der Waals surface area contributed by atoms with Crippen LogP contribution in [0.25, 0.3) is 0 Å². The Morgan fingerprint density at radius 2 is 2.11 bits per heavy atom. The summed E-state index contributed by atoms with van der Waals surface area (Å²) in [5.74, 6) is -0.0806. The Bertz CT molecular complexity index is 552. The van der Waals surface area contributed by atoms with Crippen LogP contribution in [0.2, 0.25) is 0 Å². The average molecular weight is 386 g/mol. The molecule has 0 radical (unpaired) electrons. The first kappa shape index (κ1) is 14.3. The highest BCUT2D eigenvalue weighted by Crippen LogP contribution is 2.28. The van der Waals surface area contributed by atoms with Crippen molar-refractivity contribution >= 4 is 49.1 Å². The minimum atomic E-state index is -0.0806. The average Bonchev–Trinajstić information content (AvgIpc) is 2.34. The molecule has 0 spiro atoms. The number of carbonyl (C=O) groups excluding carboxylic acids is 1. The van der Waals surface area contributed by atoms with Crippen LogP contribution in [0.3, 0.4) is 0 Å². The maximum Gasteiger partial charge on any atom is 0.221 e. The van der Waals surface area contributed by atoms with Crippen molar-refractivity contribution in [3.63, 3.8) is 0 Å². The number of anilines is 2. The summed E-state index contributed by atoms with van der Waals surface area (Å²) in [5, 5.41) is 6.25. The Labute approximate surface area is 129 Å². The number of benzene rings is 1. The van der Waals surface area contributed by atoms with Gasteiger partial charge < -0.3 is 10.6 Å². The van der Waals surface area contributed by atoms with Crippen LogP contribution in [0.5, 0.6) is 0 Å². The summed E-state index contributed by atoms with van der Waals surface area (Å²) in [6.45, 7) is 1.51. The lowest BCUT2D eigenvalue weighted by atomic mass is 10.1. The van der Waals surface area contributed by atoms with E-state index in [1.54, 1.807) is 0 Å². The smallest absolute Gasteiger partial charge is 0.221 e. The first-order valence-electron chi connectivity index (χ1n) is 5.92. The van der Waals surface area contributed by atoms with Crippen LogP contribution in [0, 0.1) is 0 Å². The van der Waals surface area contributed by atoms with Gasteiger partial charge in [-0.2, -0.15) is 0 Å². The van der Waals surface area contributed by atoms with Gasteiger partial charge in [0.1, 0.15) is 0 Å². The Morgan fingerprint density at radius 1 is 1.32 bits per heavy atom. The van der Waals surface area contributed by atoms with E-state index in [0.29, 0.717) is 0 Å². The molecule has 0 heterocycles. The number of carbonyl (C=O) groups is 1. The zero-order valence-electron chi connectivity index (χ0n) is 10.4. The van der Waals surface area contributed by atoms with Crippen LogP contribution >= 0.6 is 31.9 Å². The molecule has 0 saturated heterocycles. The van der Waals surface area contributed by atoms with E-state index in [1.165, 1.54) is 6.92 Å². The highest BCUT2D eigenvalue weighted by molar-refractivity contribution is 9.12. The molecule has 0 aromatic heterocycles. The minimum absolute atomic E-state index is 0.0806. The molecule has 0 bridgehead atoms. The molecular formula is C14H14Br2N2O. The fourth-order valence-electron chi connectivity index (χ4n) is 1.84. The molecule has 2 rings (SSSR count). The highest BCUT2D eigenvalue weighted by atomic mass is 79.9. The van der Waals surface area contributed by atoms with Gasteiger partial charge in [-0.05, 0) is 24.6 Å². The molecule has 19 heavy (non-hydrogen) atoms. The third kappa shape index (κ3) is 4.21. The van der Waals surface area contributed by atoms with Crippen molar-refractivity contribution in [1.82, 2.24) is 0 Å². The second-order valence-electron chi connectivity index (χ2n) is 4.31. The standard InChI is InChI=1S/C14H14Br2N2O/c1-9(19)17-14-8-11(16)4-7-13(14)18-12-5-2-10(15)3-6-12/h2-5,7-8,12,18H,6H2,1H3,(H,17,19)/t12-/m0/s1. The van der Waals surface area contributed by atoms with E-state index in [2.05, 4.69) is 54.6 Å². The van der Waals surface area contributed by atoms with Gasteiger partial charge >= 0.3 is 0 Å². The van der Waals surface area contributed by atoms with Gasteiger partial charge in [0.05, 0.1) is 11.4 Å². The van der Waals surface area contributed by atoms with E-state index >= 15 is 0 Å². The molecule has 0 saturated carbocycles. The van der Waals surface area contributed by atoms with Crippen molar-refractivity contribution in [2.24, 2.45) is 0 Å². The summed E-state index contributed by atoms with van der Waals surface area (Å²) in [7, 11) is 0. The summed E-state index contributed by atoms with van der Waals surface area (Å²) in [5.41, 5.74) is 1.70. The second-order valence-corrected chi connectivity index (χ2v) is 6.14. The van der Waals surface area contributed by atoms with Crippen LogP contribution in [0.15, 0.2) is 45.4 Å². The molecular weight excluding hydrogens is 372 g/mol. The maximum atomic E-state index is 11.2. The molecule has 5 heteroatoms. The van der Waals surface area contributed by atoms with Gasteiger partial charge in [-0.3, -0.25) is 4.79 Å². The van der Waals surface area contributed by atoms with Crippen molar-refractivity contribution in [2.45, 2.75) is 19.4 Å². The number of allylic oxidation sites excluding steroid dienone is 2. The third-order valence-corrected chi connectivity index (χ3v) is 3.77. The van der Waals surface area contributed by atoms with Crippen molar-refractivity contribution in [3.8, 4) is 0 Å². The van der Waals surface area contributed by atoms with E-state index in [9.17, 15) is 4.79 Å². The molecule has 0 unspecified atom stereocenters. The summed E-state index contributed by atoms with van der Waals surface area (Å²) >= 11 is 6.85. The number of hydrogen-bond acceptors (Lipinski definition) is 2. The minimum Gasteiger partial charge on any atom is -0.377 e. The van der Waals surface area contributed by atoms with E-state index in [0.717, 1.165) is 26.8 Å². The van der Waals surface area contributed by atoms with Gasteiger partial charge in [-0.1, -0.05) is 50.1 Å². The summed E-state index contributed by atoms with van der Waals surface area (Å²) in [4.78, 5) is 11.2. The van der Waals surface area contributed by atoms with Gasteiger partial charge in [0.25, 0.3) is 0 Å². The topological polar surface area (TPSA) is 41.1 Å². The van der Waals surface area contributed by atoms with E-state index in [-0.39, 0.29) is 11.9 Å². The van der Waals surface area contributed by atoms with Gasteiger partial charge in [-0.15, -0.1) is 0 Å². The van der Waals surface area contributed by atoms with Gasteiger partial charge in [0.2, 0.25) is 5.91 Å². The molecule has 0 fully saturated rings. The molecule has 3 nitrogen and oxygen atoms in total. The lowest BCUT2D eigenvalue weighted by molar-refractivity contribution is -0.114. The number of hydrogen-bond donors (Lipinski definition) is 2.